The van der Waals surface area contributed by atoms with Gasteiger partial charge in [0.2, 0.25) is 5.78 Å². The van der Waals surface area contributed by atoms with Crippen molar-refractivity contribution in [3.05, 3.63) is 57.9 Å². The number of ketones is 2. The maximum absolute atomic E-state index is 14.2. The second kappa shape index (κ2) is 10.8. The lowest BCUT2D eigenvalue weighted by Gasteiger charge is -2.50. The van der Waals surface area contributed by atoms with E-state index in [9.17, 15) is 45.0 Å². The van der Waals surface area contributed by atoms with Gasteiger partial charge in [-0.1, -0.05) is 6.07 Å². The van der Waals surface area contributed by atoms with Crippen LogP contribution >= 0.6 is 0 Å². The molecule has 0 saturated heterocycles. The van der Waals surface area contributed by atoms with Crippen LogP contribution < -0.4 is 15.5 Å². The van der Waals surface area contributed by atoms with Crippen LogP contribution in [0.2, 0.25) is 0 Å². The highest BCUT2D eigenvalue weighted by Gasteiger charge is 2.64. The molecule has 4 atom stereocenters. The first kappa shape index (κ1) is 30.7. The van der Waals surface area contributed by atoms with Crippen LogP contribution in [0.3, 0.4) is 0 Å². The summed E-state index contributed by atoms with van der Waals surface area (Å²) in [4.78, 5) is 43.6. The van der Waals surface area contributed by atoms with Gasteiger partial charge in [0.1, 0.15) is 22.8 Å². The number of nitrogens with one attached hydrogen (secondary N) is 2. The topological polar surface area (TPSA) is 203 Å². The molecule has 0 aromatic heterocycles. The normalized spacial score (nSPS) is 24.6. The van der Waals surface area contributed by atoms with Crippen molar-refractivity contribution >= 4 is 34.6 Å². The first-order valence-electron chi connectivity index (χ1n) is 14.0. The zero-order valence-corrected chi connectivity index (χ0v) is 25.0. The molecule has 3 aliphatic rings. The van der Waals surface area contributed by atoms with Gasteiger partial charge in [0.25, 0.3) is 5.91 Å². The van der Waals surface area contributed by atoms with Gasteiger partial charge in [-0.05, 0) is 62.2 Å². The molecule has 2 aromatic rings. The Kier molecular flexibility index (Phi) is 7.50. The minimum Gasteiger partial charge on any atom is -0.508 e. The number of carbonyl (C=O) groups excluding carboxylic acids is 3. The number of likely N-dealkylation sites (N-methyl/N-ethyl adjacent to an activating group) is 2. The maximum Gasteiger partial charge on any atom is 0.258 e. The molecule has 0 unspecified atom stereocenters. The van der Waals surface area contributed by atoms with Crippen molar-refractivity contribution in [1.29, 1.82) is 0 Å². The molecule has 234 valence electrons. The number of rotatable bonds is 6. The molecule has 0 heterocycles. The molecule has 3 aliphatic carbocycles. The quantitative estimate of drug-likeness (QED) is 0.173. The lowest BCUT2D eigenvalue weighted by Crippen LogP contribution is -2.65. The zero-order chi connectivity index (χ0) is 32.4. The fourth-order valence-electron chi connectivity index (χ4n) is 6.81. The number of Topliss-reactive ketones (excluding diaryl/α,β-unsaturated/α-hetero) is 2. The minimum atomic E-state index is -2.68. The highest BCUT2D eigenvalue weighted by atomic mass is 16.3. The molecule has 44 heavy (non-hydrogen) atoms. The van der Waals surface area contributed by atoms with Crippen LogP contribution in [0.5, 0.6) is 17.2 Å². The van der Waals surface area contributed by atoms with Crippen LogP contribution in [0.1, 0.15) is 23.1 Å². The molecule has 0 radical (unpaired) electrons. The number of fused-ring (bicyclic) bond motifs is 3. The largest absolute Gasteiger partial charge is 0.508 e. The number of phenols is 3. The van der Waals surface area contributed by atoms with Crippen molar-refractivity contribution in [1.82, 2.24) is 10.2 Å². The van der Waals surface area contributed by atoms with Crippen LogP contribution in [0.25, 0.3) is 5.76 Å². The van der Waals surface area contributed by atoms with E-state index in [2.05, 4.69) is 10.6 Å². The molecule has 2 aromatic carbocycles. The number of phenolic OH excluding ortho intramolecular Hbond substituents is 3. The van der Waals surface area contributed by atoms with E-state index in [0.717, 1.165) is 0 Å². The van der Waals surface area contributed by atoms with Crippen LogP contribution in [-0.4, -0.2) is 99.9 Å². The molecule has 1 amide bonds. The number of carbonyl (C=O) groups is 3. The molecule has 5 rings (SSSR count). The fourth-order valence-corrected chi connectivity index (χ4v) is 6.81. The van der Waals surface area contributed by atoms with Crippen LogP contribution in [-0.2, 0) is 27.3 Å². The van der Waals surface area contributed by atoms with Gasteiger partial charge in [0.05, 0.1) is 17.3 Å². The van der Waals surface area contributed by atoms with Gasteiger partial charge < -0.3 is 46.2 Å². The lowest BCUT2D eigenvalue weighted by atomic mass is 9.57. The Morgan fingerprint density at radius 3 is 2.30 bits per heavy atom. The Bertz CT molecular complexity index is 1660. The van der Waals surface area contributed by atoms with Gasteiger partial charge in [-0.15, -0.1) is 0 Å². The van der Waals surface area contributed by atoms with E-state index >= 15 is 0 Å². The standard InChI is InChI=1S/C31H36N4O9/c1-32-30(43)23-27(40)24(35(4)5)16-10-14-9-15-18(34(2)3)11-17(33-12-13-6-7-19(36)20(37)8-13)25(38)22(15)26(39)21(14)28(41)31(16,44)29(23)42/h6-8,11,14,16,24,33,36-39,42,44H,9-10,12H2,1-5H3,(H,32,43)/t14-,16-,24-,31-/m0/s1. The van der Waals surface area contributed by atoms with E-state index in [4.69, 9.17) is 0 Å². The molecule has 13 nitrogen and oxygen atoms in total. The third kappa shape index (κ3) is 4.42. The van der Waals surface area contributed by atoms with E-state index < -0.39 is 58.0 Å². The van der Waals surface area contributed by atoms with Gasteiger partial charge in [0.15, 0.2) is 22.9 Å². The number of hydrogen-bond donors (Lipinski definition) is 8. The smallest absolute Gasteiger partial charge is 0.258 e. The molecule has 0 spiro atoms. The highest BCUT2D eigenvalue weighted by Crippen LogP contribution is 2.54. The lowest BCUT2D eigenvalue weighted by molar-refractivity contribution is -0.153. The number of aliphatic hydroxyl groups excluding tert-OH is 2. The van der Waals surface area contributed by atoms with E-state index in [1.165, 1.54) is 24.1 Å². The maximum atomic E-state index is 14.2. The second-order valence-electron chi connectivity index (χ2n) is 11.9. The third-order valence-electron chi connectivity index (χ3n) is 8.91. The first-order valence-corrected chi connectivity index (χ1v) is 14.0. The van der Waals surface area contributed by atoms with Crippen molar-refractivity contribution in [3.63, 3.8) is 0 Å². The van der Waals surface area contributed by atoms with Crippen molar-refractivity contribution in [2.75, 3.05) is 45.5 Å². The second-order valence-corrected chi connectivity index (χ2v) is 11.9. The molecule has 1 fully saturated rings. The summed E-state index contributed by atoms with van der Waals surface area (Å²) < 4.78 is 0. The van der Waals surface area contributed by atoms with Crippen LogP contribution in [0.4, 0.5) is 11.4 Å². The predicted octanol–water partition coefficient (Wildman–Crippen LogP) is 1.31. The average Bonchev–Trinajstić information content (AvgIpc) is 2.95. The summed E-state index contributed by atoms with van der Waals surface area (Å²) in [6.07, 6.45) is 0.181. The Balaban J connectivity index is 1.66. The SMILES string of the molecule is CNC(=O)C1=C(O)[C@@]2(O)C(=O)C3=C(O)c4c(O)c(NCc5ccc(O)c(O)c5)cc(N(C)C)c4C[C@H]3C[C@H]2[C@H](N(C)C)C1=O. The molecular formula is C31H36N4O9. The minimum absolute atomic E-state index is 0.0126. The summed E-state index contributed by atoms with van der Waals surface area (Å²) in [5.74, 6) is -7.15. The monoisotopic (exact) mass is 608 g/mol. The van der Waals surface area contributed by atoms with Crippen LogP contribution in [0.15, 0.2) is 41.2 Å². The van der Waals surface area contributed by atoms with Crippen LogP contribution in [0, 0.1) is 11.8 Å². The number of nitrogens with zero attached hydrogens (tertiary/aromatic N) is 2. The van der Waals surface area contributed by atoms with E-state index in [1.807, 2.05) is 0 Å². The molecule has 13 heteroatoms. The summed E-state index contributed by atoms with van der Waals surface area (Å²) in [7, 11) is 7.96. The van der Waals surface area contributed by atoms with Gasteiger partial charge in [-0.2, -0.15) is 0 Å². The Morgan fingerprint density at radius 1 is 1.02 bits per heavy atom. The summed E-state index contributed by atoms with van der Waals surface area (Å²) in [6, 6.07) is 4.83. The van der Waals surface area contributed by atoms with E-state index in [-0.39, 0.29) is 53.5 Å². The summed E-state index contributed by atoms with van der Waals surface area (Å²) in [6.45, 7) is 0.119. The third-order valence-corrected chi connectivity index (χ3v) is 8.91. The molecule has 8 N–H and O–H groups in total. The van der Waals surface area contributed by atoms with Gasteiger partial charge in [0, 0.05) is 44.9 Å². The number of benzene rings is 2. The number of amides is 1. The number of anilines is 2. The number of hydrogen-bond acceptors (Lipinski definition) is 12. The molecule has 0 bridgehead atoms. The molecule has 1 saturated carbocycles. The van der Waals surface area contributed by atoms with Gasteiger partial charge >= 0.3 is 0 Å². The van der Waals surface area contributed by atoms with Crippen molar-refractivity contribution in [2.45, 2.75) is 31.0 Å². The zero-order valence-electron chi connectivity index (χ0n) is 25.0. The molecular weight excluding hydrogens is 572 g/mol. The summed E-state index contributed by atoms with van der Waals surface area (Å²) in [5.41, 5.74) is -1.70. The Hall–Kier alpha value is -4.75. The number of aromatic hydroxyl groups is 3. The fraction of sp³-hybridized carbons (Fsp3) is 0.387. The highest BCUT2D eigenvalue weighted by molar-refractivity contribution is 6.25. The van der Waals surface area contributed by atoms with Crippen molar-refractivity contribution < 1.29 is 45.0 Å². The van der Waals surface area contributed by atoms with Crippen molar-refractivity contribution in [2.24, 2.45) is 11.8 Å². The Morgan fingerprint density at radius 2 is 1.70 bits per heavy atom. The molecule has 0 aliphatic heterocycles. The van der Waals surface area contributed by atoms with Gasteiger partial charge in [-0.3, -0.25) is 19.3 Å². The first-order chi connectivity index (χ1) is 20.6. The summed E-state index contributed by atoms with van der Waals surface area (Å²) >= 11 is 0. The summed E-state index contributed by atoms with van der Waals surface area (Å²) in [5, 5.41) is 71.0. The predicted molar refractivity (Wildman–Crippen MR) is 161 cm³/mol. The van der Waals surface area contributed by atoms with Gasteiger partial charge in [-0.25, -0.2) is 0 Å². The Labute approximate surface area is 253 Å². The number of aliphatic hydroxyl groups is 3. The van der Waals surface area contributed by atoms with E-state index in [0.29, 0.717) is 16.8 Å². The average molecular weight is 609 g/mol. The van der Waals surface area contributed by atoms with E-state index in [1.54, 1.807) is 45.2 Å². The van der Waals surface area contributed by atoms with Crippen molar-refractivity contribution in [3.8, 4) is 17.2 Å².